The van der Waals surface area contributed by atoms with Crippen molar-refractivity contribution in [2.24, 2.45) is 0 Å². The first kappa shape index (κ1) is 12.3. The average Bonchev–Trinajstić information content (AvgIpc) is 2.81. The smallest absolute Gasteiger partial charge is 0.284 e. The Morgan fingerprint density at radius 1 is 1.00 bits per heavy atom. The van der Waals surface area contributed by atoms with E-state index in [2.05, 4.69) is 0 Å². The summed E-state index contributed by atoms with van der Waals surface area (Å²) in [7, 11) is 0.115. The molecule has 0 radical (unpaired) electrons. The van der Waals surface area contributed by atoms with Crippen LogP contribution in [0.4, 0.5) is 0 Å². The molecule has 0 aliphatic carbocycles. The predicted octanol–water partition coefficient (Wildman–Crippen LogP) is 2.73. The Hall–Kier alpha value is -0.681. The molecule has 0 aliphatic heterocycles. The van der Waals surface area contributed by atoms with E-state index in [4.69, 9.17) is 0 Å². The van der Waals surface area contributed by atoms with Gasteiger partial charge in [0.05, 0.1) is 0 Å². The van der Waals surface area contributed by atoms with E-state index < -0.39 is 0 Å². The van der Waals surface area contributed by atoms with Gasteiger partial charge in [-0.15, -0.1) is 0 Å². The largest absolute Gasteiger partial charge is 2.00 e. The number of hydrogen-bond acceptors (Lipinski definition) is 1. The van der Waals surface area contributed by atoms with E-state index in [-0.39, 0.29) is 25.5 Å². The molecule has 0 aromatic heterocycles. The Kier molecular flexibility index (Phi) is 7.53. The molecule has 0 N–H and O–H groups in total. The van der Waals surface area contributed by atoms with Crippen LogP contribution < -0.4 is 5.30 Å². The molecule has 0 aliphatic rings. The minimum Gasteiger partial charge on any atom is -0.284 e. The van der Waals surface area contributed by atoms with Crippen molar-refractivity contribution in [3.05, 3.63) is 54.6 Å². The van der Waals surface area contributed by atoms with Gasteiger partial charge >= 0.3 is 17.1 Å². The van der Waals surface area contributed by atoms with E-state index >= 15 is 0 Å². The number of rotatable bonds is 1. The zero-order valence-corrected chi connectivity index (χ0v) is 8.90. The fourth-order valence-electron chi connectivity index (χ4n) is 0.745. The van der Waals surface area contributed by atoms with Crippen LogP contribution >= 0.6 is 8.46 Å². The molecule has 2 rings (SSSR count). The summed E-state index contributed by atoms with van der Waals surface area (Å²) in [6.07, 6.45) is 0. The molecule has 0 unspecified atom stereocenters. The van der Waals surface area contributed by atoms with E-state index in [1.807, 2.05) is 54.6 Å². The second-order valence-electron chi connectivity index (χ2n) is 2.20. The predicted molar refractivity (Wildman–Crippen MR) is 51.3 cm³/mol. The van der Waals surface area contributed by atoms with Crippen molar-refractivity contribution < 1.29 is 21.6 Å². The van der Waals surface area contributed by atoms with Crippen LogP contribution in [0.15, 0.2) is 54.6 Å². The van der Waals surface area contributed by atoms with Gasteiger partial charge in [0.2, 0.25) is 0 Å². The molecule has 1 nitrogen and oxygen atoms in total. The third-order valence-corrected chi connectivity index (χ3v) is 1.82. The second kappa shape index (κ2) is 7.94. The van der Waals surface area contributed by atoms with Crippen molar-refractivity contribution in [1.82, 2.24) is 0 Å². The summed E-state index contributed by atoms with van der Waals surface area (Å²) in [5.41, 5.74) is 0. The van der Waals surface area contributed by atoms with Crippen LogP contribution in [-0.2, 0) is 21.6 Å². The summed E-state index contributed by atoms with van der Waals surface area (Å²) in [6, 6.07) is 17.4. The standard InChI is InChI=1S/C5H4OP.C5H5.Fe/c6-7-5-3-1-2-4-5;1-2-4-5-3-1;/h1-4H;1-5H;/q2*-1;+2. The first-order valence-electron chi connectivity index (χ1n) is 3.65. The summed E-state index contributed by atoms with van der Waals surface area (Å²) in [4.78, 5) is 0. The van der Waals surface area contributed by atoms with Crippen molar-refractivity contribution in [3.63, 3.8) is 0 Å². The zero-order valence-electron chi connectivity index (χ0n) is 6.91. The van der Waals surface area contributed by atoms with Crippen LogP contribution in [0.5, 0.6) is 0 Å². The molecule has 0 fully saturated rings. The molecule has 68 valence electrons. The van der Waals surface area contributed by atoms with Gasteiger partial charge in [-0.2, -0.15) is 30.3 Å². The van der Waals surface area contributed by atoms with E-state index in [0.29, 0.717) is 0 Å². The molecule has 0 amide bonds. The molecule has 0 bridgehead atoms. The molecular weight excluding hydrogens is 223 g/mol. The minimum atomic E-state index is 0. The van der Waals surface area contributed by atoms with Gasteiger partial charge in [-0.25, -0.2) is 24.3 Å². The van der Waals surface area contributed by atoms with E-state index in [1.54, 1.807) is 0 Å². The van der Waals surface area contributed by atoms with Gasteiger partial charge in [-0.1, -0.05) is 5.30 Å². The van der Waals surface area contributed by atoms with Crippen LogP contribution in [0.3, 0.4) is 0 Å². The molecule has 13 heavy (non-hydrogen) atoms. The Balaban J connectivity index is 0.000000215. The van der Waals surface area contributed by atoms with Gasteiger partial charge in [-0.3, -0.25) is 4.57 Å². The summed E-state index contributed by atoms with van der Waals surface area (Å²) >= 11 is 0. The molecule has 2 aromatic carbocycles. The molecule has 0 saturated heterocycles. The van der Waals surface area contributed by atoms with Gasteiger partial charge in [0, 0.05) is 0 Å². The Morgan fingerprint density at radius 3 is 1.77 bits per heavy atom. The van der Waals surface area contributed by atoms with Crippen LogP contribution in [0.25, 0.3) is 0 Å². The monoisotopic (exact) mass is 232 g/mol. The summed E-state index contributed by atoms with van der Waals surface area (Å²) < 4.78 is 9.96. The molecular formula is C10H9FeOP. The van der Waals surface area contributed by atoms with Crippen LogP contribution in [0.2, 0.25) is 0 Å². The first-order chi connectivity index (χ1) is 5.93. The van der Waals surface area contributed by atoms with Crippen molar-refractivity contribution in [3.8, 4) is 0 Å². The van der Waals surface area contributed by atoms with Crippen LogP contribution in [-0.4, -0.2) is 0 Å². The van der Waals surface area contributed by atoms with Gasteiger partial charge in [0.25, 0.3) is 0 Å². The van der Waals surface area contributed by atoms with Crippen LogP contribution in [0.1, 0.15) is 0 Å². The van der Waals surface area contributed by atoms with Gasteiger partial charge < -0.3 is 0 Å². The normalized spacial score (nSPS) is 8.31. The Labute approximate surface area is 90.2 Å². The molecule has 0 heterocycles. The molecule has 2 aromatic rings. The van der Waals surface area contributed by atoms with Crippen molar-refractivity contribution in [2.45, 2.75) is 0 Å². The maximum absolute atomic E-state index is 9.96. The molecule has 0 atom stereocenters. The van der Waals surface area contributed by atoms with Crippen molar-refractivity contribution in [2.75, 3.05) is 0 Å². The quantitative estimate of drug-likeness (QED) is 0.419. The molecule has 0 spiro atoms. The zero-order chi connectivity index (χ0) is 8.65. The van der Waals surface area contributed by atoms with Gasteiger partial charge in [0.1, 0.15) is 8.46 Å². The van der Waals surface area contributed by atoms with E-state index in [9.17, 15) is 4.57 Å². The first-order valence-corrected chi connectivity index (χ1v) is 4.46. The third-order valence-electron chi connectivity index (χ3n) is 1.31. The van der Waals surface area contributed by atoms with Crippen LogP contribution in [0, 0.1) is 0 Å². The third kappa shape index (κ3) is 5.54. The topological polar surface area (TPSA) is 17.1 Å². The maximum Gasteiger partial charge on any atom is 2.00 e. The maximum atomic E-state index is 9.96. The summed E-state index contributed by atoms with van der Waals surface area (Å²) in [5, 5.41) is 0.847. The summed E-state index contributed by atoms with van der Waals surface area (Å²) in [6.45, 7) is 0. The fourth-order valence-corrected chi connectivity index (χ4v) is 1.04. The molecule has 3 heteroatoms. The second-order valence-corrected chi connectivity index (χ2v) is 2.90. The Bertz CT molecular complexity index is 269. The van der Waals surface area contributed by atoms with E-state index in [0.717, 1.165) is 5.30 Å². The average molecular weight is 232 g/mol. The minimum absolute atomic E-state index is 0. The van der Waals surface area contributed by atoms with Gasteiger partial charge in [0.15, 0.2) is 0 Å². The summed E-state index contributed by atoms with van der Waals surface area (Å²) in [5.74, 6) is 0. The fraction of sp³-hybridized carbons (Fsp3) is 0. The van der Waals surface area contributed by atoms with E-state index in [1.165, 1.54) is 0 Å². The Morgan fingerprint density at radius 2 is 1.54 bits per heavy atom. The SMILES string of the molecule is O=P[c-]1cccc1.[Fe+2].c1cc[cH-]c1. The van der Waals surface area contributed by atoms with Crippen molar-refractivity contribution >= 4 is 13.8 Å². The van der Waals surface area contributed by atoms with Crippen molar-refractivity contribution in [1.29, 1.82) is 0 Å². The molecule has 0 saturated carbocycles. The van der Waals surface area contributed by atoms with Gasteiger partial charge in [-0.05, 0) is 0 Å². The number of hydrogen-bond donors (Lipinski definition) is 0.